The maximum absolute atomic E-state index is 13.6. The number of hydrogen-bond acceptors (Lipinski definition) is 3. The van der Waals surface area contributed by atoms with Crippen LogP contribution in [-0.4, -0.2) is 34.1 Å². The van der Waals surface area contributed by atoms with Crippen LogP contribution < -0.4 is 0 Å². The fraction of sp³-hybridized carbons (Fsp3) is 0.421. The van der Waals surface area contributed by atoms with Crippen LogP contribution in [0, 0.1) is 17.7 Å². The zero-order valence-corrected chi connectivity index (χ0v) is 13.0. The van der Waals surface area contributed by atoms with Gasteiger partial charge in [0.05, 0.1) is 11.6 Å². The first-order chi connectivity index (χ1) is 11.2. The highest BCUT2D eigenvalue weighted by molar-refractivity contribution is 5.82. The van der Waals surface area contributed by atoms with Gasteiger partial charge in [-0.3, -0.25) is 9.88 Å². The fourth-order valence-electron chi connectivity index (χ4n) is 4.31. The van der Waals surface area contributed by atoms with E-state index in [0.29, 0.717) is 17.2 Å². The minimum absolute atomic E-state index is 0.0961. The van der Waals surface area contributed by atoms with Crippen molar-refractivity contribution in [3.8, 4) is 0 Å². The minimum Gasteiger partial charge on any atom is -0.387 e. The molecule has 3 fully saturated rings. The Morgan fingerprint density at radius 2 is 2.26 bits per heavy atom. The smallest absolute Gasteiger partial charge is 0.123 e. The number of aliphatic hydroxyl groups is 1. The summed E-state index contributed by atoms with van der Waals surface area (Å²) in [6.07, 6.45) is 5.27. The van der Waals surface area contributed by atoms with Crippen LogP contribution in [0.1, 0.15) is 24.5 Å². The van der Waals surface area contributed by atoms with E-state index < -0.39 is 6.10 Å². The summed E-state index contributed by atoms with van der Waals surface area (Å²) in [7, 11) is 0. The molecule has 1 N–H and O–H groups in total. The molecule has 0 amide bonds. The van der Waals surface area contributed by atoms with Gasteiger partial charge < -0.3 is 5.11 Å². The lowest BCUT2D eigenvalue weighted by molar-refractivity contribution is -0.0444. The van der Waals surface area contributed by atoms with Gasteiger partial charge in [-0.25, -0.2) is 4.39 Å². The van der Waals surface area contributed by atoms with Crippen molar-refractivity contribution >= 4 is 10.9 Å². The SMILES string of the molecule is C=CC1CN2CCC1C[C@H]2[C@H](O)c1ccnc2ccc(F)cc12. The number of fused-ring (bicyclic) bond motifs is 4. The Morgan fingerprint density at radius 1 is 1.39 bits per heavy atom. The number of nitrogens with zero attached hydrogens (tertiary/aromatic N) is 2. The highest BCUT2D eigenvalue weighted by atomic mass is 19.1. The number of hydrogen-bond donors (Lipinski definition) is 1. The molecule has 0 radical (unpaired) electrons. The van der Waals surface area contributed by atoms with E-state index in [-0.39, 0.29) is 11.9 Å². The predicted molar refractivity (Wildman–Crippen MR) is 88.4 cm³/mol. The van der Waals surface area contributed by atoms with E-state index in [1.165, 1.54) is 18.6 Å². The maximum Gasteiger partial charge on any atom is 0.123 e. The third-order valence-electron chi connectivity index (χ3n) is 5.57. The van der Waals surface area contributed by atoms with Crippen molar-refractivity contribution in [1.82, 2.24) is 9.88 Å². The van der Waals surface area contributed by atoms with Gasteiger partial charge in [0.25, 0.3) is 0 Å². The molecule has 3 aliphatic rings. The molecule has 0 saturated carbocycles. The van der Waals surface area contributed by atoms with E-state index in [2.05, 4.69) is 22.5 Å². The van der Waals surface area contributed by atoms with Gasteiger partial charge in [-0.15, -0.1) is 6.58 Å². The van der Waals surface area contributed by atoms with Crippen molar-refractivity contribution in [2.45, 2.75) is 25.0 Å². The van der Waals surface area contributed by atoms with Crippen molar-refractivity contribution in [1.29, 1.82) is 0 Å². The molecule has 0 aliphatic carbocycles. The molecule has 1 aromatic heterocycles. The molecule has 2 aromatic rings. The highest BCUT2D eigenvalue weighted by Crippen LogP contribution is 2.41. The third kappa shape index (κ3) is 2.46. The van der Waals surface area contributed by atoms with Crippen molar-refractivity contribution in [2.24, 2.45) is 11.8 Å². The second-order valence-corrected chi connectivity index (χ2v) is 6.75. The number of pyridine rings is 1. The van der Waals surface area contributed by atoms with E-state index in [1.807, 2.05) is 6.07 Å². The van der Waals surface area contributed by atoms with Crippen molar-refractivity contribution in [3.63, 3.8) is 0 Å². The summed E-state index contributed by atoms with van der Waals surface area (Å²) in [5.41, 5.74) is 1.50. The van der Waals surface area contributed by atoms with Gasteiger partial charge in [0.1, 0.15) is 5.82 Å². The highest BCUT2D eigenvalue weighted by Gasteiger charge is 2.42. The second-order valence-electron chi connectivity index (χ2n) is 6.75. The number of piperidine rings is 3. The Balaban J connectivity index is 1.69. The molecule has 3 aliphatic heterocycles. The lowest BCUT2D eigenvalue weighted by atomic mass is 9.73. The molecule has 5 atom stereocenters. The molecule has 0 spiro atoms. The summed E-state index contributed by atoms with van der Waals surface area (Å²) in [4.78, 5) is 6.64. The largest absolute Gasteiger partial charge is 0.387 e. The molecule has 4 heterocycles. The van der Waals surface area contributed by atoms with Crippen LogP contribution in [-0.2, 0) is 0 Å². The van der Waals surface area contributed by atoms with Gasteiger partial charge in [-0.05, 0) is 61.1 Å². The van der Waals surface area contributed by atoms with Crippen LogP contribution in [0.5, 0.6) is 0 Å². The first-order valence-electron chi connectivity index (χ1n) is 8.26. The summed E-state index contributed by atoms with van der Waals surface area (Å²) < 4.78 is 13.6. The monoisotopic (exact) mass is 312 g/mol. The molecule has 2 bridgehead atoms. The van der Waals surface area contributed by atoms with Crippen LogP contribution in [0.15, 0.2) is 43.1 Å². The summed E-state index contributed by atoms with van der Waals surface area (Å²) >= 11 is 0. The van der Waals surface area contributed by atoms with Crippen molar-refractivity contribution in [2.75, 3.05) is 13.1 Å². The fourth-order valence-corrected chi connectivity index (χ4v) is 4.31. The molecule has 23 heavy (non-hydrogen) atoms. The van der Waals surface area contributed by atoms with Gasteiger partial charge in [0, 0.05) is 24.2 Å². The molecule has 3 saturated heterocycles. The first kappa shape index (κ1) is 14.8. The van der Waals surface area contributed by atoms with Crippen LogP contribution in [0.3, 0.4) is 0 Å². The normalized spacial score (nSPS) is 31.2. The predicted octanol–water partition coefficient (Wildman–Crippen LogP) is 3.30. The number of rotatable bonds is 3. The van der Waals surface area contributed by atoms with Gasteiger partial charge in [0.15, 0.2) is 0 Å². The molecule has 4 heteroatoms. The Morgan fingerprint density at radius 3 is 3.00 bits per heavy atom. The Labute approximate surface area is 135 Å². The minimum atomic E-state index is -0.615. The van der Waals surface area contributed by atoms with E-state index in [4.69, 9.17) is 0 Å². The van der Waals surface area contributed by atoms with E-state index in [0.717, 1.165) is 30.6 Å². The molecule has 3 nitrogen and oxygen atoms in total. The number of halogens is 1. The Bertz CT molecular complexity index is 747. The zero-order chi connectivity index (χ0) is 16.0. The maximum atomic E-state index is 13.6. The second kappa shape index (κ2) is 5.69. The first-order valence-corrected chi connectivity index (χ1v) is 8.26. The van der Waals surface area contributed by atoms with Crippen LogP contribution >= 0.6 is 0 Å². The standard InChI is InChI=1S/C19H21FN2O/c1-2-12-11-22-8-6-13(12)9-18(22)19(23)15-5-7-21-17-4-3-14(20)10-16(15)17/h2-5,7,10,12-13,18-19,23H,1,6,8-9,11H2/t12?,13?,18-,19+/m0/s1. The summed E-state index contributed by atoms with van der Waals surface area (Å²) in [6, 6.07) is 6.47. The van der Waals surface area contributed by atoms with Gasteiger partial charge in [-0.2, -0.15) is 0 Å². The number of benzene rings is 1. The molecule has 3 unspecified atom stereocenters. The van der Waals surface area contributed by atoms with Gasteiger partial charge in [-0.1, -0.05) is 6.08 Å². The van der Waals surface area contributed by atoms with Crippen LogP contribution in [0.2, 0.25) is 0 Å². The molecule has 120 valence electrons. The molecule has 1 aromatic carbocycles. The summed E-state index contributed by atoms with van der Waals surface area (Å²) in [5.74, 6) is 0.831. The van der Waals surface area contributed by atoms with Crippen molar-refractivity contribution in [3.05, 3.63) is 54.5 Å². The molecular formula is C19H21FN2O. The zero-order valence-electron chi connectivity index (χ0n) is 13.0. The summed E-state index contributed by atoms with van der Waals surface area (Å²) in [5, 5.41) is 11.7. The van der Waals surface area contributed by atoms with Gasteiger partial charge in [0.2, 0.25) is 0 Å². The molecular weight excluding hydrogens is 291 g/mol. The lowest BCUT2D eigenvalue weighted by Gasteiger charge is -2.50. The number of aliphatic hydroxyl groups excluding tert-OH is 1. The number of aromatic nitrogens is 1. The average molecular weight is 312 g/mol. The van der Waals surface area contributed by atoms with Crippen LogP contribution in [0.4, 0.5) is 4.39 Å². The van der Waals surface area contributed by atoms with Crippen molar-refractivity contribution < 1.29 is 9.50 Å². The third-order valence-corrected chi connectivity index (χ3v) is 5.57. The topological polar surface area (TPSA) is 36.4 Å². The Kier molecular flexibility index (Phi) is 3.66. The average Bonchev–Trinajstić information content (AvgIpc) is 2.60. The van der Waals surface area contributed by atoms with E-state index >= 15 is 0 Å². The quantitative estimate of drug-likeness (QED) is 0.884. The molecule has 5 rings (SSSR count). The van der Waals surface area contributed by atoms with E-state index in [9.17, 15) is 9.50 Å². The lowest BCUT2D eigenvalue weighted by Crippen LogP contribution is -2.54. The van der Waals surface area contributed by atoms with Gasteiger partial charge >= 0.3 is 0 Å². The van der Waals surface area contributed by atoms with Crippen LogP contribution in [0.25, 0.3) is 10.9 Å². The van der Waals surface area contributed by atoms with E-state index in [1.54, 1.807) is 12.3 Å². The summed E-state index contributed by atoms with van der Waals surface area (Å²) in [6.45, 7) is 5.93. The Hall–Kier alpha value is -1.78.